The molecule has 1 amide bonds. The van der Waals surface area contributed by atoms with E-state index in [2.05, 4.69) is 52.5 Å². The molecule has 2 aliphatic rings. The number of rotatable bonds is 8. The van der Waals surface area contributed by atoms with Crippen LogP contribution in [0.5, 0.6) is 0 Å². The van der Waals surface area contributed by atoms with Gasteiger partial charge in [0.15, 0.2) is 5.43 Å². The molecule has 2 aromatic rings. The molecule has 2 saturated heterocycles. The summed E-state index contributed by atoms with van der Waals surface area (Å²) < 4.78 is 2.25. The van der Waals surface area contributed by atoms with Gasteiger partial charge in [-0.15, -0.1) is 0 Å². The summed E-state index contributed by atoms with van der Waals surface area (Å²) in [6.07, 6.45) is 7.40. The van der Waals surface area contributed by atoms with Crippen LogP contribution in [0.4, 0.5) is 0 Å². The van der Waals surface area contributed by atoms with E-state index < -0.39 is 0 Å². The van der Waals surface area contributed by atoms with Gasteiger partial charge in [0, 0.05) is 62.8 Å². The van der Waals surface area contributed by atoms with Crippen LogP contribution in [0.15, 0.2) is 47.3 Å². The fourth-order valence-electron chi connectivity index (χ4n) is 5.60. The van der Waals surface area contributed by atoms with Crippen LogP contribution in [0.2, 0.25) is 0 Å². The van der Waals surface area contributed by atoms with Crippen LogP contribution in [0, 0.1) is 6.92 Å². The van der Waals surface area contributed by atoms with Crippen molar-refractivity contribution in [1.82, 2.24) is 19.3 Å². The van der Waals surface area contributed by atoms with Crippen molar-refractivity contribution in [3.8, 4) is 0 Å². The molecule has 1 aromatic heterocycles. The molecule has 0 radical (unpaired) electrons. The smallest absolute Gasteiger partial charge is 0.259 e. The Morgan fingerprint density at radius 3 is 2.49 bits per heavy atom. The van der Waals surface area contributed by atoms with E-state index in [0.29, 0.717) is 31.1 Å². The van der Waals surface area contributed by atoms with Crippen molar-refractivity contribution in [2.45, 2.75) is 52.6 Å². The zero-order chi connectivity index (χ0) is 24.8. The first-order valence-corrected chi connectivity index (χ1v) is 13.2. The van der Waals surface area contributed by atoms with Crippen molar-refractivity contribution in [1.29, 1.82) is 0 Å². The van der Waals surface area contributed by atoms with Gasteiger partial charge in [0.05, 0.1) is 0 Å². The summed E-state index contributed by atoms with van der Waals surface area (Å²) >= 11 is 0. The zero-order valence-corrected chi connectivity index (χ0v) is 21.6. The average Bonchev–Trinajstić information content (AvgIpc) is 3.33. The van der Waals surface area contributed by atoms with Gasteiger partial charge in [0.2, 0.25) is 0 Å². The second-order valence-electron chi connectivity index (χ2n) is 9.77. The van der Waals surface area contributed by atoms with Gasteiger partial charge in [-0.2, -0.15) is 0 Å². The number of carbonyl (C=O) groups excluding carboxylic acids is 1. The Kier molecular flexibility index (Phi) is 8.58. The molecule has 0 aliphatic carbocycles. The van der Waals surface area contributed by atoms with Crippen LogP contribution in [-0.4, -0.2) is 77.0 Å². The van der Waals surface area contributed by atoms with Crippen molar-refractivity contribution in [3.05, 3.63) is 75.2 Å². The van der Waals surface area contributed by atoms with E-state index in [4.69, 9.17) is 0 Å². The number of aryl methyl sites for hydroxylation is 1. The first kappa shape index (κ1) is 25.4. The van der Waals surface area contributed by atoms with Gasteiger partial charge in [-0.3, -0.25) is 19.4 Å². The van der Waals surface area contributed by atoms with Crippen molar-refractivity contribution in [2.75, 3.05) is 45.8 Å². The predicted octanol–water partition coefficient (Wildman–Crippen LogP) is 3.67. The van der Waals surface area contributed by atoms with Crippen LogP contribution in [0.1, 0.15) is 54.0 Å². The van der Waals surface area contributed by atoms with Crippen molar-refractivity contribution < 1.29 is 4.79 Å². The molecule has 0 spiro atoms. The number of piperazine rings is 1. The number of carbonyl (C=O) groups is 1. The Labute approximate surface area is 209 Å². The monoisotopic (exact) mass is 476 g/mol. The lowest BCUT2D eigenvalue weighted by Gasteiger charge is -2.35. The third kappa shape index (κ3) is 5.93. The second-order valence-corrected chi connectivity index (χ2v) is 9.77. The van der Waals surface area contributed by atoms with Crippen molar-refractivity contribution in [2.24, 2.45) is 0 Å². The normalized spacial score (nSPS) is 19.6. The highest BCUT2D eigenvalue weighted by molar-refractivity contribution is 5.95. The highest BCUT2D eigenvalue weighted by Gasteiger charge is 2.29. The molecule has 2 aliphatic heterocycles. The Hall–Kier alpha value is -2.70. The minimum absolute atomic E-state index is 0.0983. The summed E-state index contributed by atoms with van der Waals surface area (Å²) in [5.41, 5.74) is 3.31. The number of aromatic nitrogens is 1. The number of nitrogens with zero attached hydrogens (tertiary/aromatic N) is 4. The third-order valence-electron chi connectivity index (χ3n) is 7.61. The molecule has 0 unspecified atom stereocenters. The fourth-order valence-corrected chi connectivity index (χ4v) is 5.60. The van der Waals surface area contributed by atoms with Gasteiger partial charge >= 0.3 is 0 Å². The zero-order valence-electron chi connectivity index (χ0n) is 21.6. The quantitative estimate of drug-likeness (QED) is 0.583. The molecule has 3 heterocycles. The van der Waals surface area contributed by atoms with Crippen molar-refractivity contribution in [3.63, 3.8) is 0 Å². The van der Waals surface area contributed by atoms with Gasteiger partial charge < -0.3 is 9.47 Å². The summed E-state index contributed by atoms with van der Waals surface area (Å²) in [6, 6.07) is 12.4. The Morgan fingerprint density at radius 2 is 1.80 bits per heavy atom. The van der Waals surface area contributed by atoms with E-state index >= 15 is 0 Å². The minimum atomic E-state index is -0.132. The molecule has 0 saturated carbocycles. The summed E-state index contributed by atoms with van der Waals surface area (Å²) in [4.78, 5) is 33.4. The van der Waals surface area contributed by atoms with Crippen LogP contribution in [0.3, 0.4) is 0 Å². The number of pyridine rings is 1. The van der Waals surface area contributed by atoms with Crippen LogP contribution >= 0.6 is 0 Å². The molecule has 0 bridgehead atoms. The van der Waals surface area contributed by atoms with E-state index in [1.807, 2.05) is 30.0 Å². The number of hydrogen-bond acceptors (Lipinski definition) is 4. The first-order chi connectivity index (χ1) is 17.0. The minimum Gasteiger partial charge on any atom is -0.346 e. The number of likely N-dealkylation sites (tertiary alicyclic amines) is 1. The lowest BCUT2D eigenvalue weighted by molar-refractivity contribution is 0.0646. The lowest BCUT2D eigenvalue weighted by Crippen LogP contribution is -2.50. The molecule has 6 heteroatoms. The Balaban J connectivity index is 1.44. The molecule has 188 valence electrons. The molecule has 2 fully saturated rings. The first-order valence-electron chi connectivity index (χ1n) is 13.2. The van der Waals surface area contributed by atoms with E-state index in [0.717, 1.165) is 50.7 Å². The highest BCUT2D eigenvalue weighted by Crippen LogP contribution is 2.21. The number of hydrogen-bond donors (Lipinski definition) is 0. The van der Waals surface area contributed by atoms with E-state index in [9.17, 15) is 9.59 Å². The topological polar surface area (TPSA) is 48.8 Å². The molecule has 35 heavy (non-hydrogen) atoms. The maximum atomic E-state index is 13.6. The number of likely N-dealkylation sites (N-methyl/N-ethyl adjacent to an activating group) is 1. The van der Waals surface area contributed by atoms with E-state index in [1.165, 1.54) is 18.4 Å². The standard InChI is InChI=1S/C29H40N4O2/c1-4-26-28(27(34)21-23(3)33(26)22-25-14-10-16-31(25)5-2)29(35)32-19-17-30(18-20-32)15-9-13-24-11-7-6-8-12-24/h6-9,11-13,21,25H,4-5,10,14-20,22H2,1-3H3/b13-9+/t25-/m0/s1. The van der Waals surface area contributed by atoms with Gasteiger partial charge in [-0.25, -0.2) is 0 Å². The molecule has 4 rings (SSSR count). The van der Waals surface area contributed by atoms with Crippen LogP contribution < -0.4 is 5.43 Å². The van der Waals surface area contributed by atoms with Crippen molar-refractivity contribution >= 4 is 12.0 Å². The molecule has 1 aromatic carbocycles. The second kappa shape index (κ2) is 11.8. The maximum Gasteiger partial charge on any atom is 0.259 e. The van der Waals surface area contributed by atoms with Crippen LogP contribution in [0.25, 0.3) is 6.08 Å². The van der Waals surface area contributed by atoms with Gasteiger partial charge in [0.25, 0.3) is 5.91 Å². The molecule has 6 nitrogen and oxygen atoms in total. The largest absolute Gasteiger partial charge is 0.346 e. The summed E-state index contributed by atoms with van der Waals surface area (Å²) in [5.74, 6) is -0.0983. The fraction of sp³-hybridized carbons (Fsp3) is 0.517. The molecular formula is C29H40N4O2. The van der Waals surface area contributed by atoms with Crippen LogP contribution in [-0.2, 0) is 13.0 Å². The summed E-state index contributed by atoms with van der Waals surface area (Å²) in [5, 5.41) is 0. The molecular weight excluding hydrogens is 436 g/mol. The third-order valence-corrected chi connectivity index (χ3v) is 7.61. The molecule has 1 atom stereocenters. The molecule has 0 N–H and O–H groups in total. The lowest BCUT2D eigenvalue weighted by atomic mass is 10.1. The summed E-state index contributed by atoms with van der Waals surface area (Å²) in [7, 11) is 0. The maximum absolute atomic E-state index is 13.6. The highest BCUT2D eigenvalue weighted by atomic mass is 16.2. The van der Waals surface area contributed by atoms with Gasteiger partial charge in [-0.05, 0) is 44.8 Å². The Morgan fingerprint density at radius 1 is 1.06 bits per heavy atom. The van der Waals surface area contributed by atoms with Gasteiger partial charge in [0.1, 0.15) is 5.56 Å². The number of benzene rings is 1. The SMILES string of the molecule is CCc1c(C(=O)N2CCN(C/C=C/c3ccccc3)CC2)c(=O)cc(C)n1C[C@@H]1CCCN1CC. The average molecular weight is 477 g/mol. The predicted molar refractivity (Wildman–Crippen MR) is 143 cm³/mol. The number of amides is 1. The van der Waals surface area contributed by atoms with Gasteiger partial charge in [-0.1, -0.05) is 56.3 Å². The Bertz CT molecular complexity index is 1080. The van der Waals surface area contributed by atoms with E-state index in [1.54, 1.807) is 6.07 Å². The van der Waals surface area contributed by atoms with E-state index in [-0.39, 0.29) is 11.3 Å². The summed E-state index contributed by atoms with van der Waals surface area (Å²) in [6.45, 7) is 13.1.